The van der Waals surface area contributed by atoms with Crippen LogP contribution in [0.2, 0.25) is 0 Å². The van der Waals surface area contributed by atoms with Crippen molar-refractivity contribution >= 4 is 11.6 Å². The molecule has 5 N–H and O–H groups in total. The number of aromatic nitrogens is 2. The Kier molecular flexibility index (Phi) is 3.81. The molecule has 0 amide bonds. The highest BCUT2D eigenvalue weighted by Crippen LogP contribution is 2.11. The lowest BCUT2D eigenvalue weighted by Gasteiger charge is -2.21. The topological polar surface area (TPSA) is 96.1 Å². The number of nitrogen functional groups attached to an aromatic ring is 1. The van der Waals surface area contributed by atoms with Crippen molar-refractivity contribution in [3.8, 4) is 0 Å². The summed E-state index contributed by atoms with van der Waals surface area (Å²) in [5, 5.41) is 12.8. The van der Waals surface area contributed by atoms with Crippen molar-refractivity contribution in [3.05, 3.63) is 12.4 Å². The van der Waals surface area contributed by atoms with Gasteiger partial charge in [0.2, 0.25) is 0 Å². The van der Waals surface area contributed by atoms with Crippen LogP contribution in [0, 0.1) is 0 Å². The first kappa shape index (κ1) is 11.7. The monoisotopic (exact) mass is 211 g/mol. The Hall–Kier alpha value is -1.40. The molecule has 1 aromatic heterocycles. The van der Waals surface area contributed by atoms with Crippen molar-refractivity contribution < 1.29 is 5.11 Å². The summed E-state index contributed by atoms with van der Waals surface area (Å²) in [7, 11) is 0. The van der Waals surface area contributed by atoms with Crippen molar-refractivity contribution in [2.24, 2.45) is 5.84 Å². The smallest absolute Gasteiger partial charge is 0.160 e. The summed E-state index contributed by atoms with van der Waals surface area (Å²) in [4.78, 5) is 8.04. The molecule has 0 saturated carbocycles. The first-order chi connectivity index (χ1) is 7.07. The van der Waals surface area contributed by atoms with E-state index in [9.17, 15) is 5.11 Å². The average Bonchev–Trinajstić information content (AvgIpc) is 2.27. The van der Waals surface area contributed by atoms with Gasteiger partial charge in [0.25, 0.3) is 0 Å². The molecule has 6 nitrogen and oxygen atoms in total. The van der Waals surface area contributed by atoms with Gasteiger partial charge in [-0.3, -0.25) is 4.98 Å². The van der Waals surface area contributed by atoms with Crippen LogP contribution in [0.25, 0.3) is 0 Å². The molecule has 0 bridgehead atoms. The fraction of sp³-hybridized carbons (Fsp3) is 0.556. The lowest BCUT2D eigenvalue weighted by atomic mass is 10.0. The Morgan fingerprint density at radius 2 is 2.13 bits per heavy atom. The van der Waals surface area contributed by atoms with Gasteiger partial charge in [0.1, 0.15) is 5.82 Å². The van der Waals surface area contributed by atoms with Crippen LogP contribution < -0.4 is 16.6 Å². The van der Waals surface area contributed by atoms with E-state index in [1.165, 1.54) is 6.20 Å². The minimum absolute atomic E-state index is 0.423. The first-order valence-electron chi connectivity index (χ1n) is 4.82. The molecule has 0 aliphatic rings. The van der Waals surface area contributed by atoms with Crippen molar-refractivity contribution in [2.45, 2.75) is 25.9 Å². The minimum atomic E-state index is -0.742. The summed E-state index contributed by atoms with van der Waals surface area (Å²) < 4.78 is 0. The van der Waals surface area contributed by atoms with E-state index in [1.54, 1.807) is 13.1 Å². The van der Waals surface area contributed by atoms with E-state index in [1.807, 2.05) is 6.92 Å². The van der Waals surface area contributed by atoms with Gasteiger partial charge >= 0.3 is 0 Å². The first-order valence-corrected chi connectivity index (χ1v) is 4.82. The number of nitrogens with two attached hydrogens (primary N) is 1. The largest absolute Gasteiger partial charge is 0.388 e. The third-order valence-electron chi connectivity index (χ3n) is 2.19. The normalized spacial score (nSPS) is 14.4. The molecular formula is C9H17N5O. The summed E-state index contributed by atoms with van der Waals surface area (Å²) >= 11 is 0. The van der Waals surface area contributed by atoms with Crippen molar-refractivity contribution in [2.75, 3.05) is 17.3 Å². The highest BCUT2D eigenvalue weighted by Gasteiger charge is 2.16. The highest BCUT2D eigenvalue weighted by atomic mass is 16.3. The molecule has 0 aromatic carbocycles. The molecule has 0 aliphatic heterocycles. The molecule has 1 heterocycles. The summed E-state index contributed by atoms with van der Waals surface area (Å²) in [6.07, 6.45) is 3.76. The molecule has 6 heteroatoms. The lowest BCUT2D eigenvalue weighted by Crippen LogP contribution is -2.32. The quantitative estimate of drug-likeness (QED) is 0.414. The second kappa shape index (κ2) is 4.90. The Bertz CT molecular complexity index is 315. The maximum atomic E-state index is 9.76. The molecular weight excluding hydrogens is 194 g/mol. The molecule has 0 radical (unpaired) electrons. The van der Waals surface area contributed by atoms with E-state index < -0.39 is 5.60 Å². The van der Waals surface area contributed by atoms with Gasteiger partial charge in [0.15, 0.2) is 5.82 Å². The van der Waals surface area contributed by atoms with Crippen molar-refractivity contribution in [1.29, 1.82) is 0 Å². The van der Waals surface area contributed by atoms with Crippen LogP contribution in [0.15, 0.2) is 12.4 Å². The van der Waals surface area contributed by atoms with Gasteiger partial charge in [-0.25, -0.2) is 10.8 Å². The van der Waals surface area contributed by atoms with E-state index in [4.69, 9.17) is 5.84 Å². The highest BCUT2D eigenvalue weighted by molar-refractivity contribution is 5.40. The number of nitrogens with zero attached hydrogens (tertiary/aromatic N) is 2. The van der Waals surface area contributed by atoms with Crippen LogP contribution in [0.3, 0.4) is 0 Å². The number of hydrazine groups is 1. The van der Waals surface area contributed by atoms with E-state index in [0.717, 1.165) is 0 Å². The van der Waals surface area contributed by atoms with Crippen LogP contribution in [-0.4, -0.2) is 27.2 Å². The van der Waals surface area contributed by atoms with Crippen LogP contribution >= 0.6 is 0 Å². The van der Waals surface area contributed by atoms with E-state index >= 15 is 0 Å². The fourth-order valence-electron chi connectivity index (χ4n) is 0.927. The van der Waals surface area contributed by atoms with Crippen LogP contribution in [-0.2, 0) is 0 Å². The number of aliphatic hydroxyl groups is 1. The van der Waals surface area contributed by atoms with Gasteiger partial charge in [0, 0.05) is 6.54 Å². The zero-order valence-electron chi connectivity index (χ0n) is 8.99. The summed E-state index contributed by atoms with van der Waals surface area (Å²) in [5.74, 6) is 6.26. The van der Waals surface area contributed by atoms with Crippen molar-refractivity contribution in [1.82, 2.24) is 9.97 Å². The van der Waals surface area contributed by atoms with Gasteiger partial charge in [-0.05, 0) is 13.3 Å². The molecule has 1 rings (SSSR count). The van der Waals surface area contributed by atoms with Gasteiger partial charge in [-0.1, -0.05) is 6.92 Å². The number of anilines is 2. The molecule has 84 valence electrons. The van der Waals surface area contributed by atoms with Gasteiger partial charge in [-0.15, -0.1) is 0 Å². The van der Waals surface area contributed by atoms with Crippen LogP contribution in [0.5, 0.6) is 0 Å². The van der Waals surface area contributed by atoms with Gasteiger partial charge in [0.05, 0.1) is 18.0 Å². The second-order valence-electron chi connectivity index (χ2n) is 3.64. The number of hydrogen-bond donors (Lipinski definition) is 4. The maximum absolute atomic E-state index is 9.76. The molecule has 1 atom stereocenters. The summed E-state index contributed by atoms with van der Waals surface area (Å²) in [5.41, 5.74) is 1.66. The standard InChI is InChI=1S/C9H17N5O/c1-3-9(2,15)6-12-7-4-11-5-8(13-7)14-10/h4-5,15H,3,6,10H2,1-2H3,(H2,12,13,14). The molecule has 1 aromatic rings. The Labute approximate surface area is 88.9 Å². The lowest BCUT2D eigenvalue weighted by molar-refractivity contribution is 0.0696. The number of nitrogens with one attached hydrogen (secondary N) is 2. The molecule has 0 aliphatic carbocycles. The van der Waals surface area contributed by atoms with E-state index in [2.05, 4.69) is 20.7 Å². The predicted octanol–water partition coefficient (Wildman–Crippen LogP) is 0.335. The molecule has 15 heavy (non-hydrogen) atoms. The summed E-state index contributed by atoms with van der Waals surface area (Å²) in [6, 6.07) is 0. The average molecular weight is 211 g/mol. The molecule has 1 unspecified atom stereocenters. The number of rotatable bonds is 5. The second-order valence-corrected chi connectivity index (χ2v) is 3.64. The Balaban J connectivity index is 2.57. The minimum Gasteiger partial charge on any atom is -0.388 e. The van der Waals surface area contributed by atoms with Gasteiger partial charge < -0.3 is 15.8 Å². The predicted molar refractivity (Wildman–Crippen MR) is 59.2 cm³/mol. The SMILES string of the molecule is CCC(C)(O)CNc1cncc(NN)n1. The van der Waals surface area contributed by atoms with Crippen molar-refractivity contribution in [3.63, 3.8) is 0 Å². The third kappa shape index (κ3) is 3.69. The number of hydrogen-bond acceptors (Lipinski definition) is 6. The van der Waals surface area contributed by atoms with E-state index in [0.29, 0.717) is 24.6 Å². The zero-order chi connectivity index (χ0) is 11.3. The maximum Gasteiger partial charge on any atom is 0.160 e. The molecule has 0 spiro atoms. The van der Waals surface area contributed by atoms with Crippen LogP contribution in [0.4, 0.5) is 11.6 Å². The zero-order valence-corrected chi connectivity index (χ0v) is 8.99. The molecule has 0 fully saturated rings. The Morgan fingerprint density at radius 3 is 2.73 bits per heavy atom. The fourth-order valence-corrected chi connectivity index (χ4v) is 0.927. The van der Waals surface area contributed by atoms with Crippen LogP contribution in [0.1, 0.15) is 20.3 Å². The summed E-state index contributed by atoms with van der Waals surface area (Å²) in [6.45, 7) is 4.11. The van der Waals surface area contributed by atoms with E-state index in [-0.39, 0.29) is 0 Å². The Morgan fingerprint density at radius 1 is 1.47 bits per heavy atom. The molecule has 0 saturated heterocycles. The third-order valence-corrected chi connectivity index (χ3v) is 2.19. The van der Waals surface area contributed by atoms with Gasteiger partial charge in [-0.2, -0.15) is 0 Å².